The lowest BCUT2D eigenvalue weighted by atomic mass is 9.89. The van der Waals surface area contributed by atoms with E-state index in [1.165, 1.54) is 5.57 Å². The van der Waals surface area contributed by atoms with Gasteiger partial charge in [0.15, 0.2) is 5.78 Å². The Kier molecular flexibility index (Phi) is 5.30. The van der Waals surface area contributed by atoms with Crippen molar-refractivity contribution in [2.75, 3.05) is 0 Å². The van der Waals surface area contributed by atoms with E-state index >= 15 is 0 Å². The second-order valence-electron chi connectivity index (χ2n) is 6.72. The molecule has 0 radical (unpaired) electrons. The van der Waals surface area contributed by atoms with Gasteiger partial charge in [-0.3, -0.25) is 4.79 Å². The molecule has 1 rings (SSSR count). The average molecular weight is 261 g/mol. The van der Waals surface area contributed by atoms with Gasteiger partial charge in [-0.05, 0) is 48.8 Å². The second kappa shape index (κ2) is 6.33. The highest BCUT2D eigenvalue weighted by atomic mass is 16.1. The number of ketones is 1. The predicted octanol–water partition coefficient (Wildman–Crippen LogP) is 3.93. The molecule has 1 aliphatic carbocycles. The Balaban J connectivity index is 2.67. The van der Waals surface area contributed by atoms with Crippen LogP contribution in [0, 0.1) is 5.41 Å². The molecule has 0 fully saturated rings. The molecule has 1 aliphatic rings. The summed E-state index contributed by atoms with van der Waals surface area (Å²) < 4.78 is 0. The first-order chi connectivity index (χ1) is 8.70. The number of carbonyl (C=O) groups excluding carboxylic acids is 1. The molecule has 0 saturated heterocycles. The molecule has 2 heteroatoms. The van der Waals surface area contributed by atoms with E-state index in [1.807, 2.05) is 13.0 Å². The lowest BCUT2D eigenvalue weighted by Crippen LogP contribution is -2.18. The molecule has 0 saturated carbocycles. The number of hydrogen-bond acceptors (Lipinski definition) is 2. The van der Waals surface area contributed by atoms with E-state index in [9.17, 15) is 4.79 Å². The summed E-state index contributed by atoms with van der Waals surface area (Å²) in [6, 6.07) is 0.0540. The van der Waals surface area contributed by atoms with Crippen LogP contribution in [0.15, 0.2) is 35.5 Å². The van der Waals surface area contributed by atoms with E-state index in [-0.39, 0.29) is 17.2 Å². The first kappa shape index (κ1) is 15.9. The lowest BCUT2D eigenvalue weighted by molar-refractivity contribution is -0.115. The van der Waals surface area contributed by atoms with E-state index in [2.05, 4.69) is 27.4 Å². The van der Waals surface area contributed by atoms with Crippen LogP contribution in [-0.2, 0) is 4.79 Å². The first-order valence-electron chi connectivity index (χ1n) is 7.06. The molecule has 2 N–H and O–H groups in total. The normalized spacial score (nSPS) is 20.4. The molecule has 0 heterocycles. The fourth-order valence-corrected chi connectivity index (χ4v) is 2.27. The number of rotatable bonds is 5. The van der Waals surface area contributed by atoms with E-state index in [1.54, 1.807) is 6.08 Å². The summed E-state index contributed by atoms with van der Waals surface area (Å²) in [7, 11) is 0. The Morgan fingerprint density at radius 1 is 1.47 bits per heavy atom. The van der Waals surface area contributed by atoms with Crippen molar-refractivity contribution in [3.63, 3.8) is 0 Å². The zero-order valence-electron chi connectivity index (χ0n) is 12.8. The van der Waals surface area contributed by atoms with Crippen LogP contribution in [-0.4, -0.2) is 11.8 Å². The maximum atomic E-state index is 11.9. The predicted molar refractivity (Wildman–Crippen MR) is 81.9 cm³/mol. The minimum Gasteiger partial charge on any atom is -0.324 e. The van der Waals surface area contributed by atoms with Crippen LogP contribution in [0.2, 0.25) is 0 Å². The van der Waals surface area contributed by atoms with Gasteiger partial charge in [0, 0.05) is 12.5 Å². The number of hydrogen-bond donors (Lipinski definition) is 1. The summed E-state index contributed by atoms with van der Waals surface area (Å²) >= 11 is 0. The van der Waals surface area contributed by atoms with E-state index in [4.69, 9.17) is 5.73 Å². The van der Waals surface area contributed by atoms with Crippen molar-refractivity contribution in [3.05, 3.63) is 35.5 Å². The molecular formula is C17H27NO. The van der Waals surface area contributed by atoms with Crippen molar-refractivity contribution in [3.8, 4) is 0 Å². The van der Waals surface area contributed by atoms with Gasteiger partial charge in [-0.15, -0.1) is 0 Å². The molecule has 0 aromatic carbocycles. The minimum atomic E-state index is 0.0540. The summed E-state index contributed by atoms with van der Waals surface area (Å²) in [5, 5.41) is 0. The van der Waals surface area contributed by atoms with Gasteiger partial charge in [0.2, 0.25) is 0 Å². The molecule has 106 valence electrons. The van der Waals surface area contributed by atoms with Gasteiger partial charge in [-0.1, -0.05) is 39.0 Å². The molecule has 0 aromatic rings. The molecule has 0 aliphatic heterocycles. The second-order valence-corrected chi connectivity index (χ2v) is 6.72. The van der Waals surface area contributed by atoms with Gasteiger partial charge in [-0.25, -0.2) is 0 Å². The SMILES string of the molecule is C=C(C)C1=C(/C=C\C(=O)CCC(C)(C)C)[C@@H](N)CC1. The van der Waals surface area contributed by atoms with Crippen LogP contribution in [0.1, 0.15) is 53.4 Å². The summed E-state index contributed by atoms with van der Waals surface area (Å²) in [5.74, 6) is 0.183. The van der Waals surface area contributed by atoms with Crippen LogP contribution < -0.4 is 5.73 Å². The van der Waals surface area contributed by atoms with Gasteiger partial charge in [0.05, 0.1) is 0 Å². The van der Waals surface area contributed by atoms with E-state index < -0.39 is 0 Å². The highest BCUT2D eigenvalue weighted by Crippen LogP contribution is 2.30. The van der Waals surface area contributed by atoms with Crippen LogP contribution in [0.3, 0.4) is 0 Å². The van der Waals surface area contributed by atoms with Crippen molar-refractivity contribution < 1.29 is 4.79 Å². The molecule has 19 heavy (non-hydrogen) atoms. The fraction of sp³-hybridized carbons (Fsp3) is 0.588. The van der Waals surface area contributed by atoms with Gasteiger partial charge in [0.25, 0.3) is 0 Å². The summed E-state index contributed by atoms with van der Waals surface area (Å²) in [5.41, 5.74) is 9.67. The molecule has 0 bridgehead atoms. The van der Waals surface area contributed by atoms with Crippen LogP contribution >= 0.6 is 0 Å². The van der Waals surface area contributed by atoms with Crippen LogP contribution in [0.4, 0.5) is 0 Å². The summed E-state index contributed by atoms with van der Waals surface area (Å²) in [6.45, 7) is 12.4. The maximum Gasteiger partial charge on any atom is 0.155 e. The minimum absolute atomic E-state index is 0.0540. The van der Waals surface area contributed by atoms with Crippen molar-refractivity contribution >= 4 is 5.78 Å². The Morgan fingerprint density at radius 2 is 2.11 bits per heavy atom. The fourth-order valence-electron chi connectivity index (χ4n) is 2.27. The third kappa shape index (κ3) is 5.15. The molecular weight excluding hydrogens is 234 g/mol. The van der Waals surface area contributed by atoms with Crippen LogP contribution in [0.5, 0.6) is 0 Å². The van der Waals surface area contributed by atoms with Gasteiger partial charge < -0.3 is 5.73 Å². The van der Waals surface area contributed by atoms with Crippen LogP contribution in [0.25, 0.3) is 0 Å². The Labute approximate surface area is 117 Å². The monoisotopic (exact) mass is 261 g/mol. The molecule has 0 unspecified atom stereocenters. The molecule has 0 aromatic heterocycles. The zero-order valence-corrected chi connectivity index (χ0v) is 12.8. The Bertz CT molecular complexity index is 421. The quantitative estimate of drug-likeness (QED) is 0.762. The largest absolute Gasteiger partial charge is 0.324 e. The van der Waals surface area contributed by atoms with Gasteiger partial charge >= 0.3 is 0 Å². The van der Waals surface area contributed by atoms with Crippen molar-refractivity contribution in [2.45, 2.75) is 59.4 Å². The standard InChI is InChI=1S/C17H27NO/c1-12(2)14-8-9-16(18)15(14)7-6-13(19)10-11-17(3,4)5/h6-7,16H,1,8-11,18H2,2-5H3/b7-6-/t16-/m0/s1. The smallest absolute Gasteiger partial charge is 0.155 e. The number of allylic oxidation sites excluding steroid dienone is 3. The van der Waals surface area contributed by atoms with Gasteiger partial charge in [-0.2, -0.15) is 0 Å². The molecule has 0 spiro atoms. The molecule has 1 atom stereocenters. The van der Waals surface area contributed by atoms with Gasteiger partial charge in [0.1, 0.15) is 0 Å². The topological polar surface area (TPSA) is 43.1 Å². The maximum absolute atomic E-state index is 11.9. The molecule has 2 nitrogen and oxygen atoms in total. The first-order valence-corrected chi connectivity index (χ1v) is 7.06. The lowest BCUT2D eigenvalue weighted by Gasteiger charge is -2.16. The Morgan fingerprint density at radius 3 is 2.63 bits per heavy atom. The van der Waals surface area contributed by atoms with E-state index in [0.717, 1.165) is 30.4 Å². The number of nitrogens with two attached hydrogens (primary N) is 1. The van der Waals surface area contributed by atoms with Crippen molar-refractivity contribution in [2.24, 2.45) is 11.1 Å². The zero-order chi connectivity index (χ0) is 14.6. The third-order valence-electron chi connectivity index (χ3n) is 3.54. The van der Waals surface area contributed by atoms with Crippen molar-refractivity contribution in [1.82, 2.24) is 0 Å². The summed E-state index contributed by atoms with van der Waals surface area (Å²) in [6.07, 6.45) is 7.05. The van der Waals surface area contributed by atoms with E-state index in [0.29, 0.717) is 6.42 Å². The highest BCUT2D eigenvalue weighted by Gasteiger charge is 2.20. The summed E-state index contributed by atoms with van der Waals surface area (Å²) in [4.78, 5) is 11.9. The third-order valence-corrected chi connectivity index (χ3v) is 3.54. The average Bonchev–Trinajstić information content (AvgIpc) is 2.64. The Hall–Kier alpha value is -1.15. The van der Waals surface area contributed by atoms with Crippen molar-refractivity contribution in [1.29, 1.82) is 0 Å². The highest BCUT2D eigenvalue weighted by molar-refractivity contribution is 5.90. The molecule has 0 amide bonds. The number of carbonyl (C=O) groups is 1.